The van der Waals surface area contributed by atoms with Crippen LogP contribution in [0, 0.1) is 6.92 Å². The molecule has 2 fully saturated rings. The first-order valence-electron chi connectivity index (χ1n) is 9.03. The molecule has 1 aromatic carbocycles. The second-order valence-electron chi connectivity index (χ2n) is 7.18. The van der Waals surface area contributed by atoms with Gasteiger partial charge in [0.2, 0.25) is 0 Å². The van der Waals surface area contributed by atoms with Crippen LogP contribution in [-0.4, -0.2) is 57.1 Å². The quantitative estimate of drug-likeness (QED) is 0.584. The van der Waals surface area contributed by atoms with Crippen LogP contribution in [0.4, 0.5) is 0 Å². The number of morpholine rings is 1. The molecule has 25 heavy (non-hydrogen) atoms. The first-order chi connectivity index (χ1) is 12.0. The van der Waals surface area contributed by atoms with E-state index in [0.29, 0.717) is 5.76 Å². The van der Waals surface area contributed by atoms with Gasteiger partial charge in [-0.05, 0) is 44.3 Å². The van der Waals surface area contributed by atoms with E-state index in [9.17, 15) is 0 Å². The van der Waals surface area contributed by atoms with E-state index in [1.807, 2.05) is 26.0 Å². The number of ether oxygens (including phenoxy) is 2. The standard InChI is InChI=1S/C19H28BNO4/c1-15-14-17(20-24-16(2)19(3,4)25-20)6-7-18(15)23-11-5-8-21-9-12-22-13-10-21/h6-7,14H,2,5,8-13H2,1,3-4H3. The molecule has 6 heteroatoms. The van der Waals surface area contributed by atoms with E-state index in [1.54, 1.807) is 0 Å². The highest BCUT2D eigenvalue weighted by Crippen LogP contribution is 2.29. The third kappa shape index (κ3) is 4.57. The monoisotopic (exact) mass is 345 g/mol. The molecule has 0 amide bonds. The van der Waals surface area contributed by atoms with Crippen LogP contribution in [0.25, 0.3) is 0 Å². The lowest BCUT2D eigenvalue weighted by atomic mass is 9.78. The number of hydrogen-bond acceptors (Lipinski definition) is 5. The Kier molecular flexibility index (Phi) is 5.72. The van der Waals surface area contributed by atoms with Crippen molar-refractivity contribution >= 4 is 12.6 Å². The molecular weight excluding hydrogens is 317 g/mol. The van der Waals surface area contributed by atoms with Crippen molar-refractivity contribution in [2.45, 2.75) is 32.8 Å². The van der Waals surface area contributed by atoms with Crippen LogP contribution < -0.4 is 10.2 Å². The normalized spacial score (nSPS) is 20.6. The summed E-state index contributed by atoms with van der Waals surface area (Å²) in [7, 11) is -0.392. The molecule has 2 heterocycles. The van der Waals surface area contributed by atoms with Crippen LogP contribution in [0.3, 0.4) is 0 Å². The molecule has 5 nitrogen and oxygen atoms in total. The molecule has 0 spiro atoms. The minimum Gasteiger partial charge on any atom is -0.534 e. The average molecular weight is 345 g/mol. The largest absolute Gasteiger partial charge is 0.563 e. The van der Waals surface area contributed by atoms with Crippen LogP contribution in [0.5, 0.6) is 5.75 Å². The lowest BCUT2D eigenvalue weighted by Crippen LogP contribution is -2.37. The highest BCUT2D eigenvalue weighted by atomic mass is 16.7. The molecule has 3 rings (SSSR count). The molecule has 0 saturated carbocycles. The summed E-state index contributed by atoms with van der Waals surface area (Å²) in [4.78, 5) is 2.42. The van der Waals surface area contributed by atoms with Crippen LogP contribution in [0.1, 0.15) is 25.8 Å². The summed E-state index contributed by atoms with van der Waals surface area (Å²) in [5, 5.41) is 0. The molecule has 2 aliphatic rings. The van der Waals surface area contributed by atoms with Gasteiger partial charge >= 0.3 is 7.12 Å². The summed E-state index contributed by atoms with van der Waals surface area (Å²) in [5.41, 5.74) is 1.63. The minimum atomic E-state index is -0.451. The third-order valence-corrected chi connectivity index (χ3v) is 4.77. The second-order valence-corrected chi connectivity index (χ2v) is 7.18. The number of aryl methyl sites for hydroxylation is 1. The molecule has 0 bridgehead atoms. The van der Waals surface area contributed by atoms with E-state index in [0.717, 1.165) is 62.7 Å². The van der Waals surface area contributed by atoms with Crippen molar-refractivity contribution in [2.24, 2.45) is 0 Å². The Morgan fingerprint density at radius 2 is 2.04 bits per heavy atom. The first kappa shape index (κ1) is 18.3. The maximum atomic E-state index is 5.95. The van der Waals surface area contributed by atoms with E-state index >= 15 is 0 Å². The van der Waals surface area contributed by atoms with Gasteiger partial charge in [0, 0.05) is 19.6 Å². The summed E-state index contributed by atoms with van der Waals surface area (Å²) >= 11 is 0. The first-order valence-corrected chi connectivity index (χ1v) is 9.03. The van der Waals surface area contributed by atoms with Gasteiger partial charge in [0.1, 0.15) is 11.4 Å². The summed E-state index contributed by atoms with van der Waals surface area (Å²) < 4.78 is 23.0. The van der Waals surface area contributed by atoms with Crippen LogP contribution in [0.15, 0.2) is 30.5 Å². The molecule has 0 radical (unpaired) electrons. The van der Waals surface area contributed by atoms with Crippen molar-refractivity contribution in [2.75, 3.05) is 39.5 Å². The zero-order chi connectivity index (χ0) is 17.9. The Hall–Kier alpha value is -1.50. The van der Waals surface area contributed by atoms with Crippen molar-refractivity contribution in [3.63, 3.8) is 0 Å². The fraction of sp³-hybridized carbons (Fsp3) is 0.579. The van der Waals surface area contributed by atoms with E-state index < -0.39 is 12.7 Å². The topological polar surface area (TPSA) is 40.2 Å². The Morgan fingerprint density at radius 1 is 1.28 bits per heavy atom. The Balaban J connectivity index is 1.49. The maximum Gasteiger partial charge on any atom is 0.563 e. The zero-order valence-corrected chi connectivity index (χ0v) is 15.5. The highest BCUT2D eigenvalue weighted by molar-refractivity contribution is 6.62. The lowest BCUT2D eigenvalue weighted by Gasteiger charge is -2.26. The highest BCUT2D eigenvalue weighted by Gasteiger charge is 2.42. The Labute approximate surface area is 151 Å². The zero-order valence-electron chi connectivity index (χ0n) is 15.5. The van der Waals surface area contributed by atoms with Gasteiger partial charge < -0.3 is 18.8 Å². The van der Waals surface area contributed by atoms with Crippen molar-refractivity contribution in [1.82, 2.24) is 4.90 Å². The lowest BCUT2D eigenvalue weighted by molar-refractivity contribution is 0.0358. The minimum absolute atomic E-state index is 0.392. The molecule has 0 aromatic heterocycles. The molecule has 0 atom stereocenters. The summed E-state index contributed by atoms with van der Waals surface area (Å²) in [6, 6.07) is 6.07. The Morgan fingerprint density at radius 3 is 2.68 bits per heavy atom. The second kappa shape index (κ2) is 7.81. The van der Waals surface area contributed by atoms with Gasteiger partial charge in [-0.1, -0.05) is 18.7 Å². The molecule has 136 valence electrons. The smallest absolute Gasteiger partial charge is 0.534 e. The van der Waals surface area contributed by atoms with Crippen molar-refractivity contribution in [3.05, 3.63) is 36.1 Å². The van der Waals surface area contributed by atoms with Crippen molar-refractivity contribution in [1.29, 1.82) is 0 Å². The SMILES string of the molecule is C=C1OB(c2ccc(OCCCN3CCOCC3)c(C)c2)OC1(C)C. The maximum absolute atomic E-state index is 5.95. The molecule has 0 N–H and O–H groups in total. The predicted molar refractivity (Wildman–Crippen MR) is 99.3 cm³/mol. The predicted octanol–water partition coefficient (Wildman–Crippen LogP) is 2.13. The van der Waals surface area contributed by atoms with E-state index in [2.05, 4.69) is 24.5 Å². The van der Waals surface area contributed by atoms with Crippen LogP contribution in [0.2, 0.25) is 0 Å². The van der Waals surface area contributed by atoms with E-state index in [4.69, 9.17) is 18.8 Å². The number of rotatable bonds is 6. The van der Waals surface area contributed by atoms with Gasteiger partial charge in [-0.25, -0.2) is 0 Å². The van der Waals surface area contributed by atoms with Gasteiger partial charge in [-0.2, -0.15) is 0 Å². The van der Waals surface area contributed by atoms with Gasteiger partial charge in [0.15, 0.2) is 0 Å². The fourth-order valence-electron chi connectivity index (χ4n) is 3.04. The molecule has 0 aliphatic carbocycles. The third-order valence-electron chi connectivity index (χ3n) is 4.77. The summed E-state index contributed by atoms with van der Waals surface area (Å²) in [6.07, 6.45) is 1.02. The molecule has 2 aliphatic heterocycles. The molecular formula is C19H28BNO4. The van der Waals surface area contributed by atoms with E-state index in [1.165, 1.54) is 0 Å². The van der Waals surface area contributed by atoms with Crippen LogP contribution >= 0.6 is 0 Å². The Bertz CT molecular complexity index is 613. The van der Waals surface area contributed by atoms with Gasteiger partial charge in [0.25, 0.3) is 0 Å². The van der Waals surface area contributed by atoms with Crippen molar-refractivity contribution < 1.29 is 18.8 Å². The van der Waals surface area contributed by atoms with Gasteiger partial charge in [-0.15, -0.1) is 0 Å². The average Bonchev–Trinajstić information content (AvgIpc) is 2.87. The molecule has 2 saturated heterocycles. The summed E-state index contributed by atoms with van der Waals surface area (Å²) in [5.74, 6) is 1.58. The number of nitrogens with zero attached hydrogens (tertiary/aromatic N) is 1. The molecule has 0 unspecified atom stereocenters. The number of hydrogen-bond donors (Lipinski definition) is 0. The summed E-state index contributed by atoms with van der Waals surface area (Å²) in [6.45, 7) is 15.4. The number of benzene rings is 1. The van der Waals surface area contributed by atoms with Crippen LogP contribution in [-0.2, 0) is 14.0 Å². The molecule has 1 aromatic rings. The van der Waals surface area contributed by atoms with E-state index in [-0.39, 0.29) is 0 Å². The van der Waals surface area contributed by atoms with Crippen molar-refractivity contribution in [3.8, 4) is 5.75 Å². The van der Waals surface area contributed by atoms with Gasteiger partial charge in [-0.3, -0.25) is 4.90 Å². The fourth-order valence-corrected chi connectivity index (χ4v) is 3.04. The van der Waals surface area contributed by atoms with Gasteiger partial charge in [0.05, 0.1) is 25.6 Å².